The number of hydrogen-bond acceptors (Lipinski definition) is 4. The van der Waals surface area contributed by atoms with Crippen molar-refractivity contribution in [3.05, 3.63) is 64.7 Å². The molecule has 0 aliphatic carbocycles. The van der Waals surface area contributed by atoms with Crippen LogP contribution in [0.5, 0.6) is 5.75 Å². The van der Waals surface area contributed by atoms with Gasteiger partial charge in [0.1, 0.15) is 18.5 Å². The number of rotatable bonds is 9. The van der Waals surface area contributed by atoms with Crippen LogP contribution in [0.15, 0.2) is 42.5 Å². The van der Waals surface area contributed by atoms with E-state index in [0.717, 1.165) is 28.0 Å². The van der Waals surface area contributed by atoms with Gasteiger partial charge in [0, 0.05) is 24.2 Å². The summed E-state index contributed by atoms with van der Waals surface area (Å²) in [5.74, 6) is 0.859. The van der Waals surface area contributed by atoms with Gasteiger partial charge in [0.2, 0.25) is 0 Å². The van der Waals surface area contributed by atoms with Crippen LogP contribution in [0.25, 0.3) is 12.2 Å². The lowest BCUT2D eigenvalue weighted by molar-refractivity contribution is 0.103. The summed E-state index contributed by atoms with van der Waals surface area (Å²) in [6.45, 7) is 14.2. The van der Waals surface area contributed by atoms with E-state index in [0.29, 0.717) is 13.1 Å². The molecule has 1 unspecified atom stereocenters. The molecule has 0 heterocycles. The summed E-state index contributed by atoms with van der Waals surface area (Å²) in [5.41, 5.74) is 4.32. The third-order valence-electron chi connectivity index (χ3n) is 5.08. The summed E-state index contributed by atoms with van der Waals surface area (Å²) >= 11 is 0. The minimum Gasteiger partial charge on any atom is -0.490 e. The van der Waals surface area contributed by atoms with Gasteiger partial charge >= 0.3 is 0 Å². The van der Waals surface area contributed by atoms with E-state index in [1.54, 1.807) is 0 Å². The number of benzene rings is 2. The number of nitrogens with one attached hydrogen (secondary N) is 1. The lowest BCUT2D eigenvalue weighted by Crippen LogP contribution is -2.33. The average molecular weight is 426 g/mol. The van der Waals surface area contributed by atoms with E-state index in [4.69, 9.17) is 9.84 Å². The maximum Gasteiger partial charge on any atom is 0.126 e. The van der Waals surface area contributed by atoms with Crippen LogP contribution >= 0.6 is 0 Å². The van der Waals surface area contributed by atoms with Gasteiger partial charge in [-0.15, -0.1) is 0 Å². The molecule has 3 N–H and O–H groups in total. The van der Waals surface area contributed by atoms with E-state index < -0.39 is 6.10 Å². The summed E-state index contributed by atoms with van der Waals surface area (Å²) in [7, 11) is 0. The van der Waals surface area contributed by atoms with Crippen molar-refractivity contribution in [3.8, 4) is 5.75 Å². The predicted molar refractivity (Wildman–Crippen MR) is 131 cm³/mol. The van der Waals surface area contributed by atoms with Crippen LogP contribution in [0.1, 0.15) is 63.8 Å². The molecule has 2 aromatic rings. The summed E-state index contributed by atoms with van der Waals surface area (Å²) in [6, 6.07) is 14.7. The van der Waals surface area contributed by atoms with Gasteiger partial charge in [0.05, 0.1) is 6.61 Å². The molecule has 2 aromatic carbocycles. The van der Waals surface area contributed by atoms with E-state index in [1.807, 2.05) is 18.2 Å². The molecule has 0 amide bonds. The third kappa shape index (κ3) is 7.80. The van der Waals surface area contributed by atoms with Crippen molar-refractivity contribution >= 4 is 12.2 Å². The van der Waals surface area contributed by atoms with E-state index in [-0.39, 0.29) is 24.0 Å². The zero-order chi connectivity index (χ0) is 23.1. The fourth-order valence-corrected chi connectivity index (χ4v) is 3.36. The molecular formula is C27H39NO3. The van der Waals surface area contributed by atoms with Gasteiger partial charge in [-0.25, -0.2) is 0 Å². The standard InChI is InChI=1S/C27H39NO3/c1-26(2,3)23-16-21(13-12-20-10-8-7-9-11-20)17-24(27(4,5)6)25(23)31-19-22(30)18-28-14-15-29/h7-13,16-17,22,28-30H,14-15,18-19H2,1-6H3/b13-12+. The molecule has 0 aliphatic rings. The Labute approximate surface area is 188 Å². The van der Waals surface area contributed by atoms with E-state index in [1.165, 1.54) is 0 Å². The molecule has 0 saturated heterocycles. The smallest absolute Gasteiger partial charge is 0.126 e. The largest absolute Gasteiger partial charge is 0.490 e. The minimum atomic E-state index is -0.648. The lowest BCUT2D eigenvalue weighted by atomic mass is 9.78. The Morgan fingerprint density at radius 2 is 1.45 bits per heavy atom. The van der Waals surface area contributed by atoms with Crippen molar-refractivity contribution in [1.82, 2.24) is 5.32 Å². The molecule has 0 radical (unpaired) electrons. The fraction of sp³-hybridized carbons (Fsp3) is 0.481. The molecule has 0 bridgehead atoms. The molecule has 170 valence electrons. The van der Waals surface area contributed by atoms with Gasteiger partial charge < -0.3 is 20.3 Å². The molecule has 0 spiro atoms. The Kier molecular flexibility index (Phi) is 8.87. The molecule has 1 atom stereocenters. The first-order valence-corrected chi connectivity index (χ1v) is 11.1. The van der Waals surface area contributed by atoms with Crippen LogP contribution < -0.4 is 10.1 Å². The number of aliphatic hydroxyl groups is 2. The Balaban J connectivity index is 2.41. The van der Waals surface area contributed by atoms with Gasteiger partial charge in [-0.3, -0.25) is 0 Å². The monoisotopic (exact) mass is 425 g/mol. The minimum absolute atomic E-state index is 0.0495. The molecule has 0 saturated carbocycles. The molecule has 2 rings (SSSR count). The van der Waals surface area contributed by atoms with E-state index in [9.17, 15) is 5.11 Å². The van der Waals surface area contributed by atoms with Crippen molar-refractivity contribution in [2.75, 3.05) is 26.3 Å². The number of hydrogen-bond donors (Lipinski definition) is 3. The fourth-order valence-electron chi connectivity index (χ4n) is 3.36. The van der Waals surface area contributed by atoms with Gasteiger partial charge in [0.15, 0.2) is 0 Å². The van der Waals surface area contributed by atoms with Gasteiger partial charge in [-0.05, 0) is 34.1 Å². The van der Waals surface area contributed by atoms with Gasteiger partial charge in [-0.1, -0.05) is 84.0 Å². The highest BCUT2D eigenvalue weighted by Gasteiger charge is 2.28. The SMILES string of the molecule is CC(C)(C)c1cc(/C=C/c2ccccc2)cc(C(C)(C)C)c1OCC(O)CNCCO. The van der Waals surface area contributed by atoms with Crippen LogP contribution in [0.2, 0.25) is 0 Å². The highest BCUT2D eigenvalue weighted by Crippen LogP contribution is 2.41. The number of aliphatic hydroxyl groups excluding tert-OH is 2. The molecule has 31 heavy (non-hydrogen) atoms. The van der Waals surface area contributed by atoms with E-state index >= 15 is 0 Å². The predicted octanol–water partition coefficient (Wildman–Crippen LogP) is 4.77. The third-order valence-corrected chi connectivity index (χ3v) is 5.08. The normalized spacial score (nSPS) is 13.5. The highest BCUT2D eigenvalue weighted by molar-refractivity contribution is 5.71. The molecule has 4 nitrogen and oxygen atoms in total. The van der Waals surface area contributed by atoms with Crippen molar-refractivity contribution in [2.24, 2.45) is 0 Å². The second-order valence-electron chi connectivity index (χ2n) is 10.1. The second-order valence-corrected chi connectivity index (χ2v) is 10.1. The molecule has 0 fully saturated rings. The summed E-state index contributed by atoms with van der Waals surface area (Å²) in [6.07, 6.45) is 3.63. The van der Waals surface area contributed by atoms with Crippen molar-refractivity contribution < 1.29 is 14.9 Å². The topological polar surface area (TPSA) is 61.7 Å². The van der Waals surface area contributed by atoms with Crippen LogP contribution in [-0.2, 0) is 10.8 Å². The van der Waals surface area contributed by atoms with E-state index in [2.05, 4.69) is 83.3 Å². The molecule has 4 heteroatoms. The van der Waals surface area contributed by atoms with Gasteiger partial charge in [-0.2, -0.15) is 0 Å². The molecule has 0 aromatic heterocycles. The Morgan fingerprint density at radius 1 is 0.903 bits per heavy atom. The zero-order valence-corrected chi connectivity index (χ0v) is 19.9. The first-order chi connectivity index (χ1) is 14.5. The van der Waals surface area contributed by atoms with Crippen molar-refractivity contribution in [3.63, 3.8) is 0 Å². The van der Waals surface area contributed by atoms with Crippen LogP contribution in [0.4, 0.5) is 0 Å². The summed E-state index contributed by atoms with van der Waals surface area (Å²) < 4.78 is 6.25. The Bertz CT molecular complexity index is 810. The lowest BCUT2D eigenvalue weighted by Gasteiger charge is -2.31. The second kappa shape index (κ2) is 10.9. The van der Waals surface area contributed by atoms with Crippen molar-refractivity contribution in [2.45, 2.75) is 58.5 Å². The summed E-state index contributed by atoms with van der Waals surface area (Å²) in [4.78, 5) is 0. The first kappa shape index (κ1) is 25.1. The molecular weight excluding hydrogens is 386 g/mol. The maximum atomic E-state index is 10.3. The number of ether oxygens (including phenoxy) is 1. The van der Waals surface area contributed by atoms with Crippen LogP contribution in [-0.4, -0.2) is 42.6 Å². The maximum absolute atomic E-state index is 10.3. The first-order valence-electron chi connectivity index (χ1n) is 11.1. The van der Waals surface area contributed by atoms with Crippen LogP contribution in [0, 0.1) is 0 Å². The van der Waals surface area contributed by atoms with Gasteiger partial charge in [0.25, 0.3) is 0 Å². The van der Waals surface area contributed by atoms with Crippen molar-refractivity contribution in [1.29, 1.82) is 0 Å². The quantitative estimate of drug-likeness (QED) is 0.400. The highest BCUT2D eigenvalue weighted by atomic mass is 16.5. The Hall–Kier alpha value is -2.14. The Morgan fingerprint density at radius 3 is 1.97 bits per heavy atom. The van der Waals surface area contributed by atoms with Crippen LogP contribution in [0.3, 0.4) is 0 Å². The molecule has 0 aliphatic heterocycles. The zero-order valence-electron chi connectivity index (χ0n) is 19.9. The summed E-state index contributed by atoms with van der Waals surface area (Å²) in [5, 5.41) is 22.2. The average Bonchev–Trinajstić information content (AvgIpc) is 2.70.